The molecule has 2 rings (SSSR count). The van der Waals surface area contributed by atoms with Crippen LogP contribution in [0.1, 0.15) is 18.9 Å². The number of nitrogens with two attached hydrogens (primary N) is 1. The SMILES string of the molecule is CC1(CN)CCN(C(=O)Cc2ccc(OC(F)(F)F)cc2)C1.Cl. The zero-order chi connectivity index (χ0) is 16.4. The minimum atomic E-state index is -4.71. The molecule has 1 aliphatic heterocycles. The van der Waals surface area contributed by atoms with Crippen LogP contribution in [0, 0.1) is 5.41 Å². The Balaban J connectivity index is 0.00000264. The van der Waals surface area contributed by atoms with E-state index < -0.39 is 6.36 Å². The molecule has 23 heavy (non-hydrogen) atoms. The van der Waals surface area contributed by atoms with E-state index in [1.165, 1.54) is 24.3 Å². The van der Waals surface area contributed by atoms with Gasteiger partial charge in [-0.05, 0) is 36.1 Å². The van der Waals surface area contributed by atoms with Crippen molar-refractivity contribution in [2.24, 2.45) is 11.1 Å². The first-order chi connectivity index (χ1) is 10.2. The van der Waals surface area contributed by atoms with Crippen molar-refractivity contribution in [1.29, 1.82) is 0 Å². The summed E-state index contributed by atoms with van der Waals surface area (Å²) in [6.45, 7) is 3.86. The lowest BCUT2D eigenvalue weighted by molar-refractivity contribution is -0.274. The molecule has 1 aromatic rings. The minimum absolute atomic E-state index is 0. The smallest absolute Gasteiger partial charge is 0.406 e. The van der Waals surface area contributed by atoms with Crippen molar-refractivity contribution >= 4 is 18.3 Å². The van der Waals surface area contributed by atoms with Gasteiger partial charge in [-0.25, -0.2) is 0 Å². The fourth-order valence-corrected chi connectivity index (χ4v) is 2.50. The maximum Gasteiger partial charge on any atom is 0.573 e. The van der Waals surface area contributed by atoms with E-state index >= 15 is 0 Å². The first kappa shape index (κ1) is 19.6. The molecule has 1 amide bonds. The van der Waals surface area contributed by atoms with E-state index in [2.05, 4.69) is 4.74 Å². The highest BCUT2D eigenvalue weighted by atomic mass is 35.5. The van der Waals surface area contributed by atoms with Crippen molar-refractivity contribution in [2.45, 2.75) is 26.1 Å². The van der Waals surface area contributed by atoms with E-state index in [4.69, 9.17) is 5.73 Å². The van der Waals surface area contributed by atoms with Crippen molar-refractivity contribution in [3.63, 3.8) is 0 Å². The zero-order valence-corrected chi connectivity index (χ0v) is 13.5. The number of carbonyl (C=O) groups excluding carboxylic acids is 1. The lowest BCUT2D eigenvalue weighted by Gasteiger charge is -2.22. The van der Waals surface area contributed by atoms with Crippen LogP contribution in [0.15, 0.2) is 24.3 Å². The second kappa shape index (κ2) is 7.40. The Kier molecular flexibility index (Phi) is 6.30. The van der Waals surface area contributed by atoms with Crippen molar-refractivity contribution < 1.29 is 22.7 Å². The average Bonchev–Trinajstić information content (AvgIpc) is 2.83. The molecule has 130 valence electrons. The highest BCUT2D eigenvalue weighted by molar-refractivity contribution is 5.85. The Bertz CT molecular complexity index is 537. The van der Waals surface area contributed by atoms with Gasteiger partial charge >= 0.3 is 6.36 Å². The summed E-state index contributed by atoms with van der Waals surface area (Å²) in [5.41, 5.74) is 6.32. The fraction of sp³-hybridized carbons (Fsp3) is 0.533. The van der Waals surface area contributed by atoms with Crippen LogP contribution in [-0.2, 0) is 11.2 Å². The van der Waals surface area contributed by atoms with E-state index in [0.717, 1.165) is 6.42 Å². The number of benzene rings is 1. The van der Waals surface area contributed by atoms with Crippen LogP contribution < -0.4 is 10.5 Å². The summed E-state index contributed by atoms with van der Waals surface area (Å²) in [7, 11) is 0. The van der Waals surface area contributed by atoms with Crippen molar-refractivity contribution in [2.75, 3.05) is 19.6 Å². The van der Waals surface area contributed by atoms with Crippen LogP contribution >= 0.6 is 12.4 Å². The molecule has 1 saturated heterocycles. The maximum atomic E-state index is 12.2. The van der Waals surface area contributed by atoms with Crippen molar-refractivity contribution in [1.82, 2.24) is 4.90 Å². The van der Waals surface area contributed by atoms with Gasteiger partial charge < -0.3 is 15.4 Å². The highest BCUT2D eigenvalue weighted by Gasteiger charge is 2.34. The fourth-order valence-electron chi connectivity index (χ4n) is 2.50. The quantitative estimate of drug-likeness (QED) is 0.906. The van der Waals surface area contributed by atoms with E-state index in [-0.39, 0.29) is 35.9 Å². The van der Waals surface area contributed by atoms with Crippen LogP contribution in [0.2, 0.25) is 0 Å². The Labute approximate surface area is 139 Å². The van der Waals surface area contributed by atoms with Gasteiger partial charge in [0.25, 0.3) is 0 Å². The number of likely N-dealkylation sites (tertiary alicyclic amines) is 1. The minimum Gasteiger partial charge on any atom is -0.406 e. The molecule has 0 spiro atoms. The summed E-state index contributed by atoms with van der Waals surface area (Å²) < 4.78 is 40.0. The number of hydrogen-bond acceptors (Lipinski definition) is 3. The summed E-state index contributed by atoms with van der Waals surface area (Å²) in [5, 5.41) is 0. The molecule has 1 aromatic carbocycles. The second-order valence-corrected chi connectivity index (χ2v) is 5.95. The molecule has 0 bridgehead atoms. The van der Waals surface area contributed by atoms with E-state index in [9.17, 15) is 18.0 Å². The molecule has 1 atom stereocenters. The number of halogens is 4. The molecule has 0 saturated carbocycles. The first-order valence-corrected chi connectivity index (χ1v) is 7.03. The van der Waals surface area contributed by atoms with Gasteiger partial charge in [-0.2, -0.15) is 0 Å². The number of nitrogens with zero attached hydrogens (tertiary/aromatic N) is 1. The summed E-state index contributed by atoms with van der Waals surface area (Å²) in [4.78, 5) is 14.0. The van der Waals surface area contributed by atoms with Gasteiger partial charge in [0.1, 0.15) is 5.75 Å². The van der Waals surface area contributed by atoms with Crippen molar-refractivity contribution in [3.8, 4) is 5.75 Å². The molecule has 8 heteroatoms. The number of hydrogen-bond donors (Lipinski definition) is 1. The number of ether oxygens (including phenoxy) is 1. The lowest BCUT2D eigenvalue weighted by atomic mass is 9.90. The monoisotopic (exact) mass is 352 g/mol. The molecular weight excluding hydrogens is 333 g/mol. The maximum absolute atomic E-state index is 12.2. The predicted molar refractivity (Wildman–Crippen MR) is 82.4 cm³/mol. The van der Waals surface area contributed by atoms with Crippen LogP contribution in [0.25, 0.3) is 0 Å². The number of carbonyl (C=O) groups is 1. The third kappa shape index (κ3) is 5.58. The third-order valence-electron chi connectivity index (χ3n) is 3.92. The Hall–Kier alpha value is -1.47. The van der Waals surface area contributed by atoms with Gasteiger partial charge in [-0.15, -0.1) is 25.6 Å². The topological polar surface area (TPSA) is 55.6 Å². The van der Waals surface area contributed by atoms with Crippen LogP contribution in [-0.4, -0.2) is 36.8 Å². The van der Waals surface area contributed by atoms with Crippen LogP contribution in [0.4, 0.5) is 13.2 Å². The lowest BCUT2D eigenvalue weighted by Crippen LogP contribution is -2.35. The normalized spacial score (nSPS) is 21.0. The van der Waals surface area contributed by atoms with Crippen LogP contribution in [0.3, 0.4) is 0 Å². The van der Waals surface area contributed by atoms with E-state index in [1.54, 1.807) is 4.90 Å². The molecule has 0 radical (unpaired) electrons. The summed E-state index contributed by atoms with van der Waals surface area (Å²) in [6, 6.07) is 5.36. The molecule has 0 aromatic heterocycles. The van der Waals surface area contributed by atoms with E-state index in [0.29, 0.717) is 25.2 Å². The number of rotatable bonds is 4. The second-order valence-electron chi connectivity index (χ2n) is 5.95. The largest absolute Gasteiger partial charge is 0.573 e. The van der Waals surface area contributed by atoms with Gasteiger partial charge in [-0.3, -0.25) is 4.79 Å². The molecule has 4 nitrogen and oxygen atoms in total. The average molecular weight is 353 g/mol. The van der Waals surface area contributed by atoms with Gasteiger partial charge in [0.2, 0.25) is 5.91 Å². The Morgan fingerprint density at radius 1 is 1.35 bits per heavy atom. The van der Waals surface area contributed by atoms with Crippen molar-refractivity contribution in [3.05, 3.63) is 29.8 Å². The number of alkyl halides is 3. The summed E-state index contributed by atoms with van der Waals surface area (Å²) >= 11 is 0. The predicted octanol–water partition coefficient (Wildman–Crippen LogP) is 2.75. The third-order valence-corrected chi connectivity index (χ3v) is 3.92. The molecule has 2 N–H and O–H groups in total. The zero-order valence-electron chi connectivity index (χ0n) is 12.7. The van der Waals surface area contributed by atoms with Gasteiger partial charge in [0, 0.05) is 13.1 Å². The molecule has 1 fully saturated rings. The Morgan fingerprint density at radius 2 is 1.96 bits per heavy atom. The van der Waals surface area contributed by atoms with Gasteiger partial charge in [0.15, 0.2) is 0 Å². The standard InChI is InChI=1S/C15H19F3N2O2.ClH/c1-14(9-19)6-7-20(10-14)13(21)8-11-2-4-12(5-3-11)22-15(16,17)18;/h2-5H,6-10,19H2,1H3;1H. The number of amides is 1. The Morgan fingerprint density at radius 3 is 2.43 bits per heavy atom. The van der Waals surface area contributed by atoms with Gasteiger partial charge in [0.05, 0.1) is 6.42 Å². The molecule has 1 heterocycles. The summed E-state index contributed by atoms with van der Waals surface area (Å²) in [5.74, 6) is -0.331. The van der Waals surface area contributed by atoms with Gasteiger partial charge in [-0.1, -0.05) is 19.1 Å². The molecule has 1 aliphatic rings. The highest BCUT2D eigenvalue weighted by Crippen LogP contribution is 2.29. The summed E-state index contributed by atoms with van der Waals surface area (Å²) in [6.07, 6.45) is -3.68. The van der Waals surface area contributed by atoms with Crippen LogP contribution in [0.5, 0.6) is 5.75 Å². The van der Waals surface area contributed by atoms with E-state index in [1.807, 2.05) is 6.92 Å². The molecule has 1 unspecified atom stereocenters. The molecule has 0 aliphatic carbocycles. The molecular formula is C15H20ClF3N2O2. The first-order valence-electron chi connectivity index (χ1n) is 7.03.